The van der Waals surface area contributed by atoms with Crippen LogP contribution < -0.4 is 10.1 Å². The first-order valence-electron chi connectivity index (χ1n) is 8.46. The number of rotatable bonds is 7. The van der Waals surface area contributed by atoms with Gasteiger partial charge in [-0.1, -0.05) is 42.5 Å². The van der Waals surface area contributed by atoms with E-state index in [4.69, 9.17) is 4.74 Å². The van der Waals surface area contributed by atoms with E-state index < -0.39 is 0 Å². The van der Waals surface area contributed by atoms with E-state index in [1.54, 1.807) is 0 Å². The summed E-state index contributed by atoms with van der Waals surface area (Å²) in [6.07, 6.45) is 1.30. The molecule has 3 rings (SSSR count). The average molecular weight is 347 g/mol. The van der Waals surface area contributed by atoms with Crippen molar-refractivity contribution in [3.05, 3.63) is 65.7 Å². The summed E-state index contributed by atoms with van der Waals surface area (Å²) in [5, 5.41) is 3.29. The fourth-order valence-electron chi connectivity index (χ4n) is 3.20. The summed E-state index contributed by atoms with van der Waals surface area (Å²) in [6, 6.07) is 18.8. The van der Waals surface area contributed by atoms with Crippen LogP contribution in [0.15, 0.2) is 54.6 Å². The Kier molecular flexibility index (Phi) is 7.57. The molecular formula is C20H27ClN2O. The SMILES string of the molecule is CNCC1CCN(Cc2ccc(OCc3ccccc3)cc2)C1.Cl. The number of ether oxygens (including phenoxy) is 1. The molecule has 0 aliphatic carbocycles. The third-order valence-electron chi connectivity index (χ3n) is 4.44. The normalized spacial score (nSPS) is 17.5. The molecule has 1 atom stereocenters. The third kappa shape index (κ3) is 5.52. The first-order valence-corrected chi connectivity index (χ1v) is 8.46. The van der Waals surface area contributed by atoms with Gasteiger partial charge in [-0.25, -0.2) is 0 Å². The Hall–Kier alpha value is -1.55. The van der Waals surface area contributed by atoms with Gasteiger partial charge in [0.05, 0.1) is 0 Å². The smallest absolute Gasteiger partial charge is 0.119 e. The third-order valence-corrected chi connectivity index (χ3v) is 4.44. The molecule has 1 N–H and O–H groups in total. The monoisotopic (exact) mass is 346 g/mol. The van der Waals surface area contributed by atoms with Crippen LogP contribution in [-0.2, 0) is 13.2 Å². The number of halogens is 1. The lowest BCUT2D eigenvalue weighted by Crippen LogP contribution is -2.24. The highest BCUT2D eigenvalue weighted by Gasteiger charge is 2.21. The zero-order valence-electron chi connectivity index (χ0n) is 14.3. The predicted octanol–water partition coefficient (Wildman–Crippen LogP) is 3.73. The highest BCUT2D eigenvalue weighted by atomic mass is 35.5. The first kappa shape index (κ1) is 18.8. The van der Waals surface area contributed by atoms with E-state index in [0.29, 0.717) is 6.61 Å². The second-order valence-electron chi connectivity index (χ2n) is 6.37. The van der Waals surface area contributed by atoms with E-state index in [-0.39, 0.29) is 12.4 Å². The molecule has 3 nitrogen and oxygen atoms in total. The van der Waals surface area contributed by atoms with Crippen molar-refractivity contribution in [3.63, 3.8) is 0 Å². The van der Waals surface area contributed by atoms with E-state index in [0.717, 1.165) is 24.8 Å². The van der Waals surface area contributed by atoms with Crippen molar-refractivity contribution < 1.29 is 4.74 Å². The first-order chi connectivity index (χ1) is 11.3. The van der Waals surface area contributed by atoms with Crippen LogP contribution in [0.5, 0.6) is 5.75 Å². The molecule has 1 fully saturated rings. The molecule has 4 heteroatoms. The maximum absolute atomic E-state index is 5.84. The van der Waals surface area contributed by atoms with Crippen molar-refractivity contribution in [1.82, 2.24) is 10.2 Å². The van der Waals surface area contributed by atoms with Crippen molar-refractivity contribution in [1.29, 1.82) is 0 Å². The molecule has 24 heavy (non-hydrogen) atoms. The largest absolute Gasteiger partial charge is 0.489 e. The van der Waals surface area contributed by atoms with E-state index in [1.807, 2.05) is 25.2 Å². The lowest BCUT2D eigenvalue weighted by molar-refractivity contribution is 0.304. The molecule has 0 aromatic heterocycles. The van der Waals surface area contributed by atoms with Gasteiger partial charge in [0, 0.05) is 13.1 Å². The number of hydrogen-bond donors (Lipinski definition) is 1. The topological polar surface area (TPSA) is 24.5 Å². The fourth-order valence-corrected chi connectivity index (χ4v) is 3.20. The van der Waals surface area contributed by atoms with Crippen LogP contribution in [0.25, 0.3) is 0 Å². The summed E-state index contributed by atoms with van der Waals surface area (Å²) in [5.41, 5.74) is 2.56. The number of hydrogen-bond acceptors (Lipinski definition) is 3. The van der Waals surface area contributed by atoms with Gasteiger partial charge in [0.15, 0.2) is 0 Å². The maximum atomic E-state index is 5.84. The Morgan fingerprint density at radius 1 is 1.04 bits per heavy atom. The second-order valence-corrected chi connectivity index (χ2v) is 6.37. The van der Waals surface area contributed by atoms with Gasteiger partial charge in [0.1, 0.15) is 12.4 Å². The predicted molar refractivity (Wildman–Crippen MR) is 102 cm³/mol. The zero-order chi connectivity index (χ0) is 15.9. The molecule has 1 aliphatic rings. The number of likely N-dealkylation sites (tertiary alicyclic amines) is 1. The highest BCUT2D eigenvalue weighted by molar-refractivity contribution is 5.85. The van der Waals surface area contributed by atoms with Crippen LogP contribution >= 0.6 is 12.4 Å². The highest BCUT2D eigenvalue weighted by Crippen LogP contribution is 2.20. The van der Waals surface area contributed by atoms with Gasteiger partial charge in [-0.05, 0) is 55.7 Å². The molecule has 2 aromatic rings. The quantitative estimate of drug-likeness (QED) is 0.826. The Morgan fingerprint density at radius 3 is 2.50 bits per heavy atom. The lowest BCUT2D eigenvalue weighted by atomic mass is 10.1. The Labute approximate surface area is 151 Å². The van der Waals surface area contributed by atoms with Crippen LogP contribution in [0.2, 0.25) is 0 Å². The van der Waals surface area contributed by atoms with E-state index in [2.05, 4.69) is 46.6 Å². The zero-order valence-corrected chi connectivity index (χ0v) is 15.1. The second kappa shape index (κ2) is 9.67. The van der Waals surface area contributed by atoms with Crippen LogP contribution in [0, 0.1) is 5.92 Å². The van der Waals surface area contributed by atoms with Crippen molar-refractivity contribution in [2.45, 2.75) is 19.6 Å². The molecule has 1 unspecified atom stereocenters. The fraction of sp³-hybridized carbons (Fsp3) is 0.400. The molecule has 0 radical (unpaired) electrons. The van der Waals surface area contributed by atoms with Gasteiger partial charge in [-0.2, -0.15) is 0 Å². The number of nitrogens with one attached hydrogen (secondary N) is 1. The molecular weight excluding hydrogens is 320 g/mol. The molecule has 1 heterocycles. The van der Waals surface area contributed by atoms with Crippen molar-refractivity contribution in [2.75, 3.05) is 26.7 Å². The van der Waals surface area contributed by atoms with E-state index in [9.17, 15) is 0 Å². The maximum Gasteiger partial charge on any atom is 0.119 e. The molecule has 130 valence electrons. The van der Waals surface area contributed by atoms with Crippen LogP contribution in [0.1, 0.15) is 17.5 Å². The van der Waals surface area contributed by atoms with Gasteiger partial charge < -0.3 is 10.1 Å². The van der Waals surface area contributed by atoms with Crippen molar-refractivity contribution in [3.8, 4) is 5.75 Å². The van der Waals surface area contributed by atoms with Gasteiger partial charge in [-0.15, -0.1) is 12.4 Å². The van der Waals surface area contributed by atoms with Crippen molar-refractivity contribution in [2.24, 2.45) is 5.92 Å². The molecule has 0 spiro atoms. The van der Waals surface area contributed by atoms with Crippen LogP contribution in [0.4, 0.5) is 0 Å². The molecule has 2 aromatic carbocycles. The molecule has 1 aliphatic heterocycles. The Bertz CT molecular complexity index is 588. The minimum Gasteiger partial charge on any atom is -0.489 e. The molecule has 1 saturated heterocycles. The Balaban J connectivity index is 0.00000208. The van der Waals surface area contributed by atoms with Crippen LogP contribution in [0.3, 0.4) is 0 Å². The van der Waals surface area contributed by atoms with Gasteiger partial charge in [-0.3, -0.25) is 4.90 Å². The minimum absolute atomic E-state index is 0. The summed E-state index contributed by atoms with van der Waals surface area (Å²) in [5.74, 6) is 1.74. The molecule has 0 bridgehead atoms. The van der Waals surface area contributed by atoms with E-state index in [1.165, 1.54) is 30.6 Å². The Morgan fingerprint density at radius 2 is 1.79 bits per heavy atom. The summed E-state index contributed by atoms with van der Waals surface area (Å²) in [7, 11) is 2.04. The summed E-state index contributed by atoms with van der Waals surface area (Å²) in [4.78, 5) is 2.54. The van der Waals surface area contributed by atoms with Gasteiger partial charge >= 0.3 is 0 Å². The van der Waals surface area contributed by atoms with E-state index >= 15 is 0 Å². The summed E-state index contributed by atoms with van der Waals surface area (Å²) >= 11 is 0. The minimum atomic E-state index is 0. The van der Waals surface area contributed by atoms with Crippen molar-refractivity contribution >= 4 is 12.4 Å². The lowest BCUT2D eigenvalue weighted by Gasteiger charge is -2.16. The van der Waals surface area contributed by atoms with Gasteiger partial charge in [0.2, 0.25) is 0 Å². The molecule has 0 amide bonds. The number of benzene rings is 2. The standard InChI is InChI=1S/C20H26N2O.ClH/c1-21-13-19-11-12-22(15-19)14-17-7-9-20(10-8-17)23-16-18-5-3-2-4-6-18;/h2-10,19,21H,11-16H2,1H3;1H. The number of nitrogens with zero attached hydrogens (tertiary/aromatic N) is 1. The van der Waals surface area contributed by atoms with Crippen LogP contribution in [-0.4, -0.2) is 31.6 Å². The van der Waals surface area contributed by atoms with Gasteiger partial charge in [0.25, 0.3) is 0 Å². The molecule has 0 saturated carbocycles. The summed E-state index contributed by atoms with van der Waals surface area (Å²) in [6.45, 7) is 5.20. The average Bonchev–Trinajstić information content (AvgIpc) is 3.03. The summed E-state index contributed by atoms with van der Waals surface area (Å²) < 4.78 is 5.84.